The normalized spacial score (nSPS) is 13.9. The molecule has 0 heterocycles. The molecule has 78 valence electrons. The third-order valence-corrected chi connectivity index (χ3v) is 1.15. The van der Waals surface area contributed by atoms with E-state index in [0.717, 1.165) is 0 Å². The minimum Gasteiger partial charge on any atom is -0.436 e. The van der Waals surface area contributed by atoms with Gasteiger partial charge in [0.25, 0.3) is 0 Å². The van der Waals surface area contributed by atoms with Crippen molar-refractivity contribution in [2.45, 2.75) is 46.0 Å². The minimum atomic E-state index is -0.650. The van der Waals surface area contributed by atoms with Crippen molar-refractivity contribution in [3.63, 3.8) is 0 Å². The van der Waals surface area contributed by atoms with Gasteiger partial charge >= 0.3 is 5.97 Å². The summed E-state index contributed by atoms with van der Waals surface area (Å²) < 4.78 is 10.2. The van der Waals surface area contributed by atoms with Gasteiger partial charge in [-0.15, -0.1) is 0 Å². The van der Waals surface area contributed by atoms with E-state index in [1.54, 1.807) is 0 Å². The van der Waals surface area contributed by atoms with E-state index in [9.17, 15) is 4.79 Å². The maximum Gasteiger partial charge on any atom is 0.304 e. The Morgan fingerprint density at radius 3 is 2.31 bits per heavy atom. The molecule has 4 heteroatoms. The number of carbonyl (C=O) groups excluding carboxylic acids is 1. The van der Waals surface area contributed by atoms with Crippen molar-refractivity contribution in [2.75, 3.05) is 6.61 Å². The van der Waals surface area contributed by atoms with E-state index < -0.39 is 12.3 Å². The standard InChI is InChI=1S/C9H18O4/c1-7(11)12-8(5-6-10)13-9(2,3)4/h8,10H,5-6H2,1-4H3. The zero-order valence-electron chi connectivity index (χ0n) is 8.66. The number of hydrogen-bond acceptors (Lipinski definition) is 4. The number of esters is 1. The fourth-order valence-electron chi connectivity index (χ4n) is 0.827. The Kier molecular flexibility index (Phi) is 4.95. The van der Waals surface area contributed by atoms with E-state index in [-0.39, 0.29) is 12.2 Å². The second-order valence-electron chi connectivity index (χ2n) is 3.78. The van der Waals surface area contributed by atoms with E-state index in [0.29, 0.717) is 6.42 Å². The van der Waals surface area contributed by atoms with Gasteiger partial charge in [-0.2, -0.15) is 0 Å². The van der Waals surface area contributed by atoms with Crippen LogP contribution in [0.2, 0.25) is 0 Å². The molecule has 1 unspecified atom stereocenters. The van der Waals surface area contributed by atoms with Crippen molar-refractivity contribution >= 4 is 5.97 Å². The summed E-state index contributed by atoms with van der Waals surface area (Å²) in [4.78, 5) is 10.6. The number of rotatable bonds is 4. The number of ether oxygens (including phenoxy) is 2. The third kappa shape index (κ3) is 7.74. The average molecular weight is 190 g/mol. The number of carbonyl (C=O) groups is 1. The summed E-state index contributed by atoms with van der Waals surface area (Å²) in [5, 5.41) is 8.68. The molecule has 0 aliphatic heterocycles. The van der Waals surface area contributed by atoms with Crippen LogP contribution in [0.4, 0.5) is 0 Å². The molecule has 0 bridgehead atoms. The predicted molar refractivity (Wildman–Crippen MR) is 48.1 cm³/mol. The first-order valence-corrected chi connectivity index (χ1v) is 4.31. The summed E-state index contributed by atoms with van der Waals surface area (Å²) >= 11 is 0. The van der Waals surface area contributed by atoms with Crippen LogP contribution in [0.5, 0.6) is 0 Å². The molecule has 0 aliphatic rings. The van der Waals surface area contributed by atoms with E-state index >= 15 is 0 Å². The highest BCUT2D eigenvalue weighted by molar-refractivity contribution is 5.66. The van der Waals surface area contributed by atoms with Crippen LogP contribution in [0, 0.1) is 0 Å². The van der Waals surface area contributed by atoms with Gasteiger partial charge in [-0.25, -0.2) is 0 Å². The average Bonchev–Trinajstić information content (AvgIpc) is 1.81. The van der Waals surface area contributed by atoms with Gasteiger partial charge in [0, 0.05) is 20.0 Å². The van der Waals surface area contributed by atoms with Crippen molar-refractivity contribution in [3.8, 4) is 0 Å². The second-order valence-corrected chi connectivity index (χ2v) is 3.78. The lowest BCUT2D eigenvalue weighted by molar-refractivity contribution is -0.204. The summed E-state index contributed by atoms with van der Waals surface area (Å²) in [6, 6.07) is 0. The van der Waals surface area contributed by atoms with Crippen LogP contribution in [-0.4, -0.2) is 29.6 Å². The molecule has 0 radical (unpaired) electrons. The fourth-order valence-corrected chi connectivity index (χ4v) is 0.827. The monoisotopic (exact) mass is 190 g/mol. The molecule has 0 aromatic heterocycles. The molecule has 0 fully saturated rings. The van der Waals surface area contributed by atoms with Crippen molar-refractivity contribution < 1.29 is 19.4 Å². The van der Waals surface area contributed by atoms with E-state index in [1.165, 1.54) is 6.92 Å². The highest BCUT2D eigenvalue weighted by Crippen LogP contribution is 2.13. The molecular weight excluding hydrogens is 172 g/mol. The number of hydrogen-bond donors (Lipinski definition) is 1. The molecular formula is C9H18O4. The summed E-state index contributed by atoms with van der Waals surface area (Å²) in [6.07, 6.45) is -0.348. The molecule has 1 atom stereocenters. The lowest BCUT2D eigenvalue weighted by Crippen LogP contribution is -2.31. The van der Waals surface area contributed by atoms with Crippen LogP contribution in [0.1, 0.15) is 34.1 Å². The maximum absolute atomic E-state index is 10.6. The summed E-state index contributed by atoms with van der Waals surface area (Å²) in [7, 11) is 0. The van der Waals surface area contributed by atoms with Crippen molar-refractivity contribution in [1.29, 1.82) is 0 Å². The number of aliphatic hydroxyl groups excluding tert-OH is 1. The van der Waals surface area contributed by atoms with Crippen molar-refractivity contribution in [1.82, 2.24) is 0 Å². The largest absolute Gasteiger partial charge is 0.436 e. The van der Waals surface area contributed by atoms with Gasteiger partial charge in [0.2, 0.25) is 6.29 Å². The zero-order valence-corrected chi connectivity index (χ0v) is 8.66. The topological polar surface area (TPSA) is 55.8 Å². The second kappa shape index (κ2) is 5.19. The van der Waals surface area contributed by atoms with Gasteiger partial charge in [-0.05, 0) is 20.8 Å². The molecule has 13 heavy (non-hydrogen) atoms. The Balaban J connectivity index is 4.01. The summed E-state index contributed by atoms with van der Waals surface area (Å²) in [5.74, 6) is -0.400. The highest BCUT2D eigenvalue weighted by Gasteiger charge is 2.20. The Morgan fingerprint density at radius 2 is 2.00 bits per heavy atom. The molecule has 0 rings (SSSR count). The van der Waals surface area contributed by atoms with E-state index in [2.05, 4.69) is 0 Å². The van der Waals surface area contributed by atoms with Crippen LogP contribution >= 0.6 is 0 Å². The van der Waals surface area contributed by atoms with Gasteiger partial charge in [0.15, 0.2) is 0 Å². The quantitative estimate of drug-likeness (QED) is 0.532. The first-order valence-electron chi connectivity index (χ1n) is 4.31. The molecule has 4 nitrogen and oxygen atoms in total. The Bertz CT molecular complexity index is 159. The van der Waals surface area contributed by atoms with Crippen LogP contribution in [-0.2, 0) is 14.3 Å². The Labute approximate surface area is 78.8 Å². The van der Waals surface area contributed by atoms with Crippen molar-refractivity contribution in [3.05, 3.63) is 0 Å². The fraction of sp³-hybridized carbons (Fsp3) is 0.889. The molecule has 0 spiro atoms. The third-order valence-electron chi connectivity index (χ3n) is 1.15. The molecule has 0 aliphatic carbocycles. The number of aliphatic hydroxyl groups is 1. The van der Waals surface area contributed by atoms with Gasteiger partial charge in [-0.3, -0.25) is 4.79 Å². The SMILES string of the molecule is CC(=O)OC(CCO)OC(C)(C)C. The summed E-state index contributed by atoms with van der Waals surface area (Å²) in [5.41, 5.74) is -0.380. The van der Waals surface area contributed by atoms with Crippen LogP contribution in [0.15, 0.2) is 0 Å². The Morgan fingerprint density at radius 1 is 1.46 bits per heavy atom. The molecule has 0 saturated carbocycles. The highest BCUT2D eigenvalue weighted by atomic mass is 16.7. The molecule has 1 N–H and O–H groups in total. The first kappa shape index (κ1) is 12.4. The van der Waals surface area contributed by atoms with Gasteiger partial charge in [0.1, 0.15) is 0 Å². The molecule has 0 aromatic carbocycles. The smallest absolute Gasteiger partial charge is 0.304 e. The molecule has 0 aromatic rings. The zero-order chi connectivity index (χ0) is 10.5. The summed E-state index contributed by atoms with van der Waals surface area (Å²) in [6.45, 7) is 6.84. The van der Waals surface area contributed by atoms with Gasteiger partial charge in [0.05, 0.1) is 5.60 Å². The van der Waals surface area contributed by atoms with Crippen LogP contribution in [0.3, 0.4) is 0 Å². The van der Waals surface area contributed by atoms with Gasteiger partial charge in [-0.1, -0.05) is 0 Å². The molecule has 0 amide bonds. The van der Waals surface area contributed by atoms with Crippen LogP contribution < -0.4 is 0 Å². The predicted octanol–water partition coefficient (Wildman–Crippen LogP) is 1.07. The maximum atomic E-state index is 10.6. The first-order chi connectivity index (χ1) is 5.85. The lowest BCUT2D eigenvalue weighted by atomic mass is 10.2. The van der Waals surface area contributed by atoms with E-state index in [1.807, 2.05) is 20.8 Å². The minimum absolute atomic E-state index is 0.0615. The van der Waals surface area contributed by atoms with Gasteiger partial charge < -0.3 is 14.6 Å². The molecule has 0 saturated heterocycles. The van der Waals surface area contributed by atoms with Crippen LogP contribution in [0.25, 0.3) is 0 Å². The Hall–Kier alpha value is -0.610. The van der Waals surface area contributed by atoms with Crippen molar-refractivity contribution in [2.24, 2.45) is 0 Å². The van der Waals surface area contributed by atoms with E-state index in [4.69, 9.17) is 14.6 Å². The lowest BCUT2D eigenvalue weighted by Gasteiger charge is -2.26.